The zero-order valence-electron chi connectivity index (χ0n) is 11.0. The molecule has 1 amide bonds. The van der Waals surface area contributed by atoms with E-state index in [1.165, 1.54) is 0 Å². The first-order valence-corrected chi connectivity index (χ1v) is 6.85. The molecule has 0 heterocycles. The summed E-state index contributed by atoms with van der Waals surface area (Å²) in [5, 5.41) is 3.25. The van der Waals surface area contributed by atoms with Crippen molar-refractivity contribution >= 4 is 27.5 Å². The molecular weight excluding hydrogens is 320 g/mol. The minimum atomic E-state index is -0.436. The number of ether oxygens (including phenoxy) is 1. The second kappa shape index (κ2) is 6.43. The lowest BCUT2D eigenvalue weighted by molar-refractivity contribution is 0.100. The molecule has 4 nitrogen and oxygen atoms in total. The number of anilines is 1. The van der Waals surface area contributed by atoms with Gasteiger partial charge in [-0.1, -0.05) is 22.0 Å². The topological polar surface area (TPSA) is 64.3 Å². The molecule has 0 spiro atoms. The smallest absolute Gasteiger partial charge is 0.248 e. The summed E-state index contributed by atoms with van der Waals surface area (Å²) in [4.78, 5) is 11.1. The number of hydrogen-bond donors (Lipinski definition) is 2. The molecule has 2 aromatic carbocycles. The van der Waals surface area contributed by atoms with Gasteiger partial charge in [-0.3, -0.25) is 4.79 Å². The molecule has 5 heteroatoms. The van der Waals surface area contributed by atoms with E-state index in [9.17, 15) is 4.79 Å². The molecule has 0 aromatic heterocycles. The van der Waals surface area contributed by atoms with E-state index in [1.54, 1.807) is 25.3 Å². The number of halogens is 1. The van der Waals surface area contributed by atoms with Gasteiger partial charge in [0.1, 0.15) is 5.75 Å². The van der Waals surface area contributed by atoms with Crippen LogP contribution in [0.15, 0.2) is 46.9 Å². The highest BCUT2D eigenvalue weighted by Gasteiger charge is 2.05. The molecule has 0 unspecified atom stereocenters. The van der Waals surface area contributed by atoms with Crippen molar-refractivity contribution in [3.05, 3.63) is 58.1 Å². The fraction of sp³-hybridized carbons (Fsp3) is 0.133. The van der Waals surface area contributed by atoms with Crippen molar-refractivity contribution in [3.63, 3.8) is 0 Å². The molecule has 0 saturated heterocycles. The van der Waals surface area contributed by atoms with E-state index in [0.29, 0.717) is 12.1 Å². The van der Waals surface area contributed by atoms with Crippen molar-refractivity contribution in [2.75, 3.05) is 12.4 Å². The highest BCUT2D eigenvalue weighted by Crippen LogP contribution is 2.24. The summed E-state index contributed by atoms with van der Waals surface area (Å²) in [6.45, 7) is 0.588. The van der Waals surface area contributed by atoms with Crippen LogP contribution in [0.2, 0.25) is 0 Å². The number of rotatable bonds is 5. The molecule has 0 radical (unpaired) electrons. The molecule has 2 aromatic rings. The van der Waals surface area contributed by atoms with Crippen LogP contribution in [-0.4, -0.2) is 13.0 Å². The molecule has 2 rings (SSSR count). The Labute approximate surface area is 126 Å². The standard InChI is InChI=1S/C15H15BrN2O2/c1-20-14-6-5-12(16)7-11(14)9-18-13-4-2-3-10(8-13)15(17)19/h2-8,18H,9H2,1H3,(H2,17,19). The maximum absolute atomic E-state index is 11.1. The minimum absolute atomic E-state index is 0.436. The van der Waals surface area contributed by atoms with Crippen LogP contribution in [0, 0.1) is 0 Å². The largest absolute Gasteiger partial charge is 0.496 e. The monoisotopic (exact) mass is 334 g/mol. The molecule has 3 N–H and O–H groups in total. The molecule has 0 aliphatic heterocycles. The van der Waals surface area contributed by atoms with Crippen molar-refractivity contribution in [2.45, 2.75) is 6.54 Å². The maximum atomic E-state index is 11.1. The Bertz CT molecular complexity index is 629. The van der Waals surface area contributed by atoms with Gasteiger partial charge in [0.25, 0.3) is 0 Å². The van der Waals surface area contributed by atoms with Crippen molar-refractivity contribution in [2.24, 2.45) is 5.73 Å². The predicted octanol–water partition coefficient (Wildman–Crippen LogP) is 3.17. The summed E-state index contributed by atoms with van der Waals surface area (Å²) in [6.07, 6.45) is 0. The van der Waals surface area contributed by atoms with Crippen LogP contribution >= 0.6 is 15.9 Å². The maximum Gasteiger partial charge on any atom is 0.248 e. The average molecular weight is 335 g/mol. The highest BCUT2D eigenvalue weighted by atomic mass is 79.9. The van der Waals surface area contributed by atoms with Gasteiger partial charge in [0.05, 0.1) is 7.11 Å². The highest BCUT2D eigenvalue weighted by molar-refractivity contribution is 9.10. The zero-order valence-corrected chi connectivity index (χ0v) is 12.6. The lowest BCUT2D eigenvalue weighted by atomic mass is 10.1. The van der Waals surface area contributed by atoms with Crippen LogP contribution in [0.4, 0.5) is 5.69 Å². The molecule has 104 valence electrons. The summed E-state index contributed by atoms with van der Waals surface area (Å²) in [6, 6.07) is 12.9. The molecule has 0 aliphatic carbocycles. The third kappa shape index (κ3) is 3.51. The van der Waals surface area contributed by atoms with Gasteiger partial charge in [-0.2, -0.15) is 0 Å². The van der Waals surface area contributed by atoms with Crippen molar-refractivity contribution in [1.82, 2.24) is 0 Å². The number of amides is 1. The molecule has 0 bridgehead atoms. The first-order valence-electron chi connectivity index (χ1n) is 6.06. The first-order chi connectivity index (χ1) is 9.60. The predicted molar refractivity (Wildman–Crippen MR) is 83.0 cm³/mol. The average Bonchev–Trinajstić information content (AvgIpc) is 2.45. The van der Waals surface area contributed by atoms with Gasteiger partial charge >= 0.3 is 0 Å². The van der Waals surface area contributed by atoms with Crippen LogP contribution in [0.25, 0.3) is 0 Å². The van der Waals surface area contributed by atoms with Gasteiger partial charge in [0.2, 0.25) is 5.91 Å². The summed E-state index contributed by atoms with van der Waals surface area (Å²) < 4.78 is 6.30. The Balaban J connectivity index is 2.14. The Kier molecular flexibility index (Phi) is 4.63. The third-order valence-corrected chi connectivity index (χ3v) is 3.37. The normalized spacial score (nSPS) is 10.1. The van der Waals surface area contributed by atoms with Gasteiger partial charge in [0.15, 0.2) is 0 Å². The first kappa shape index (κ1) is 14.4. The van der Waals surface area contributed by atoms with Gasteiger partial charge in [-0.05, 0) is 36.4 Å². The number of benzene rings is 2. The number of methoxy groups -OCH3 is 1. The second-order valence-electron chi connectivity index (χ2n) is 4.25. The van der Waals surface area contributed by atoms with Gasteiger partial charge in [0, 0.05) is 27.8 Å². The Morgan fingerprint density at radius 1 is 1.30 bits per heavy atom. The summed E-state index contributed by atoms with van der Waals surface area (Å²) in [5.41, 5.74) is 7.60. The zero-order chi connectivity index (χ0) is 14.5. The fourth-order valence-electron chi connectivity index (χ4n) is 1.87. The van der Waals surface area contributed by atoms with E-state index in [0.717, 1.165) is 21.5 Å². The fourth-order valence-corrected chi connectivity index (χ4v) is 2.27. The summed E-state index contributed by atoms with van der Waals surface area (Å²) >= 11 is 3.44. The van der Waals surface area contributed by atoms with E-state index in [4.69, 9.17) is 10.5 Å². The molecule has 0 saturated carbocycles. The van der Waals surface area contributed by atoms with E-state index >= 15 is 0 Å². The van der Waals surface area contributed by atoms with E-state index < -0.39 is 5.91 Å². The Morgan fingerprint density at radius 3 is 2.80 bits per heavy atom. The summed E-state index contributed by atoms with van der Waals surface area (Å²) in [7, 11) is 1.64. The van der Waals surface area contributed by atoms with Gasteiger partial charge < -0.3 is 15.8 Å². The molecule has 0 atom stereocenters. The van der Waals surface area contributed by atoms with E-state index in [1.807, 2.05) is 24.3 Å². The number of carbonyl (C=O) groups excluding carboxylic acids is 1. The number of nitrogens with two attached hydrogens (primary N) is 1. The number of hydrogen-bond acceptors (Lipinski definition) is 3. The van der Waals surface area contributed by atoms with Gasteiger partial charge in [-0.25, -0.2) is 0 Å². The molecule has 0 fully saturated rings. The lowest BCUT2D eigenvalue weighted by Crippen LogP contribution is -2.11. The van der Waals surface area contributed by atoms with E-state index in [2.05, 4.69) is 21.2 Å². The van der Waals surface area contributed by atoms with E-state index in [-0.39, 0.29) is 0 Å². The Morgan fingerprint density at radius 2 is 2.10 bits per heavy atom. The quantitative estimate of drug-likeness (QED) is 0.882. The van der Waals surface area contributed by atoms with Crippen LogP contribution < -0.4 is 15.8 Å². The second-order valence-corrected chi connectivity index (χ2v) is 5.17. The number of primary amides is 1. The van der Waals surface area contributed by atoms with Gasteiger partial charge in [-0.15, -0.1) is 0 Å². The summed E-state index contributed by atoms with van der Waals surface area (Å²) in [5.74, 6) is 0.375. The van der Waals surface area contributed by atoms with Crippen LogP contribution in [0.1, 0.15) is 15.9 Å². The molecule has 0 aliphatic rings. The number of carbonyl (C=O) groups is 1. The number of nitrogens with one attached hydrogen (secondary N) is 1. The SMILES string of the molecule is COc1ccc(Br)cc1CNc1cccc(C(N)=O)c1. The van der Waals surface area contributed by atoms with Crippen LogP contribution in [0.5, 0.6) is 5.75 Å². The van der Waals surface area contributed by atoms with Crippen molar-refractivity contribution in [3.8, 4) is 5.75 Å². The molecule has 20 heavy (non-hydrogen) atoms. The van der Waals surface area contributed by atoms with Crippen LogP contribution in [-0.2, 0) is 6.54 Å². The molecular formula is C15H15BrN2O2. The van der Waals surface area contributed by atoms with Crippen molar-refractivity contribution in [1.29, 1.82) is 0 Å². The lowest BCUT2D eigenvalue weighted by Gasteiger charge is -2.11. The van der Waals surface area contributed by atoms with Crippen LogP contribution in [0.3, 0.4) is 0 Å². The van der Waals surface area contributed by atoms with Crippen molar-refractivity contribution < 1.29 is 9.53 Å². The minimum Gasteiger partial charge on any atom is -0.496 e. The third-order valence-electron chi connectivity index (χ3n) is 2.87. The Hall–Kier alpha value is -2.01.